The van der Waals surface area contributed by atoms with Crippen LogP contribution in [0.1, 0.15) is 24.6 Å². The lowest BCUT2D eigenvalue weighted by molar-refractivity contribution is 0.354. The van der Waals surface area contributed by atoms with E-state index in [1.807, 2.05) is 49.4 Å². The van der Waals surface area contributed by atoms with Crippen molar-refractivity contribution in [2.45, 2.75) is 25.8 Å². The van der Waals surface area contributed by atoms with E-state index in [-0.39, 0.29) is 0 Å². The van der Waals surface area contributed by atoms with Gasteiger partial charge in [-0.1, -0.05) is 18.2 Å². The van der Waals surface area contributed by atoms with Gasteiger partial charge in [0.15, 0.2) is 5.65 Å². The first kappa shape index (κ1) is 17.8. The molecule has 1 aliphatic rings. The number of ether oxygens (including phenoxy) is 1. The van der Waals surface area contributed by atoms with Crippen molar-refractivity contribution in [2.75, 3.05) is 13.1 Å². The highest BCUT2D eigenvalue weighted by atomic mass is 16.5. The number of hydrogen-bond acceptors (Lipinski definition) is 5. The van der Waals surface area contributed by atoms with Gasteiger partial charge in [-0.3, -0.25) is 0 Å². The normalized spacial score (nSPS) is 16.8. The summed E-state index contributed by atoms with van der Waals surface area (Å²) in [5.41, 5.74) is 3.82. The minimum atomic E-state index is 0.315. The standard InChI is InChI=1S/C23H23N5O/c1-16-21-22(17-9-11-20(12-10-17)29-19-7-3-2-4-8-19)27-28(23(21)26-15-25-16)18-6-5-13-24-14-18/h2-4,7-12,15,18,24H,5-6,13-14H2,1H3. The van der Waals surface area contributed by atoms with Crippen LogP contribution in [-0.2, 0) is 0 Å². The summed E-state index contributed by atoms with van der Waals surface area (Å²) in [5.74, 6) is 1.62. The van der Waals surface area contributed by atoms with Crippen LogP contribution in [0, 0.1) is 6.92 Å². The number of nitrogens with one attached hydrogen (secondary N) is 1. The molecule has 1 saturated heterocycles. The summed E-state index contributed by atoms with van der Waals surface area (Å²) in [6, 6.07) is 18.2. The molecule has 5 rings (SSSR count). The van der Waals surface area contributed by atoms with Crippen LogP contribution in [0.4, 0.5) is 0 Å². The number of nitrogens with zero attached hydrogens (tertiary/aromatic N) is 4. The Morgan fingerprint density at radius 3 is 2.55 bits per heavy atom. The maximum absolute atomic E-state index is 5.92. The highest BCUT2D eigenvalue weighted by Crippen LogP contribution is 2.33. The van der Waals surface area contributed by atoms with Crippen LogP contribution < -0.4 is 10.1 Å². The number of benzene rings is 2. The predicted octanol–water partition coefficient (Wildman–Crippen LogP) is 4.52. The maximum atomic E-state index is 5.92. The van der Waals surface area contributed by atoms with Crippen LogP contribution in [0.2, 0.25) is 0 Å². The summed E-state index contributed by atoms with van der Waals surface area (Å²) in [7, 11) is 0. The fraction of sp³-hybridized carbons (Fsp3) is 0.261. The van der Waals surface area contributed by atoms with Gasteiger partial charge >= 0.3 is 0 Å². The molecule has 4 aromatic rings. The molecule has 1 unspecified atom stereocenters. The van der Waals surface area contributed by atoms with Gasteiger partial charge in [-0.25, -0.2) is 14.6 Å². The topological polar surface area (TPSA) is 64.9 Å². The molecule has 1 fully saturated rings. The SMILES string of the molecule is Cc1ncnc2c1c(-c1ccc(Oc3ccccc3)cc1)nn2C1CCCNC1. The van der Waals surface area contributed by atoms with E-state index < -0.39 is 0 Å². The first-order valence-corrected chi connectivity index (χ1v) is 10.0. The molecule has 1 N–H and O–H groups in total. The Hall–Kier alpha value is -3.25. The molecule has 2 aromatic carbocycles. The highest BCUT2D eigenvalue weighted by molar-refractivity contribution is 5.93. The van der Waals surface area contributed by atoms with Gasteiger partial charge in [0, 0.05) is 12.1 Å². The molecular formula is C23H23N5O. The van der Waals surface area contributed by atoms with Gasteiger partial charge in [0.2, 0.25) is 0 Å². The summed E-state index contributed by atoms with van der Waals surface area (Å²) in [4.78, 5) is 8.99. The second-order valence-corrected chi connectivity index (χ2v) is 7.39. The number of aryl methyl sites for hydroxylation is 1. The van der Waals surface area contributed by atoms with E-state index in [2.05, 4.69) is 32.1 Å². The number of hydrogen-bond donors (Lipinski definition) is 1. The summed E-state index contributed by atoms with van der Waals surface area (Å²) in [6.07, 6.45) is 3.89. The third-order valence-electron chi connectivity index (χ3n) is 5.40. The largest absolute Gasteiger partial charge is 0.457 e. The quantitative estimate of drug-likeness (QED) is 0.560. The van der Waals surface area contributed by atoms with E-state index in [9.17, 15) is 0 Å². The van der Waals surface area contributed by atoms with Gasteiger partial charge in [0.25, 0.3) is 0 Å². The Balaban J connectivity index is 1.52. The van der Waals surface area contributed by atoms with E-state index in [0.29, 0.717) is 6.04 Å². The van der Waals surface area contributed by atoms with Crippen molar-refractivity contribution >= 4 is 11.0 Å². The molecule has 29 heavy (non-hydrogen) atoms. The highest BCUT2D eigenvalue weighted by Gasteiger charge is 2.23. The number of piperidine rings is 1. The molecule has 0 radical (unpaired) electrons. The lowest BCUT2D eigenvalue weighted by atomic mass is 10.1. The molecule has 6 heteroatoms. The van der Waals surface area contributed by atoms with Gasteiger partial charge in [0.05, 0.1) is 17.1 Å². The summed E-state index contributed by atoms with van der Waals surface area (Å²) in [6.45, 7) is 4.01. The van der Waals surface area contributed by atoms with Crippen molar-refractivity contribution in [2.24, 2.45) is 0 Å². The Kier molecular flexibility index (Phi) is 4.69. The molecule has 0 bridgehead atoms. The number of aromatic nitrogens is 4. The molecule has 0 saturated carbocycles. The van der Waals surface area contributed by atoms with Crippen molar-refractivity contribution in [3.05, 3.63) is 66.6 Å². The molecule has 2 aromatic heterocycles. The average Bonchev–Trinajstić information content (AvgIpc) is 3.17. The zero-order chi connectivity index (χ0) is 19.6. The van der Waals surface area contributed by atoms with Crippen LogP contribution in [0.25, 0.3) is 22.3 Å². The second kappa shape index (κ2) is 7.64. The van der Waals surface area contributed by atoms with Crippen molar-refractivity contribution in [3.8, 4) is 22.8 Å². The van der Waals surface area contributed by atoms with Crippen molar-refractivity contribution < 1.29 is 4.74 Å². The van der Waals surface area contributed by atoms with Crippen molar-refractivity contribution in [1.82, 2.24) is 25.1 Å². The minimum absolute atomic E-state index is 0.315. The minimum Gasteiger partial charge on any atom is -0.457 e. The van der Waals surface area contributed by atoms with Crippen molar-refractivity contribution in [3.63, 3.8) is 0 Å². The Bertz CT molecular complexity index is 1120. The van der Waals surface area contributed by atoms with E-state index in [1.165, 1.54) is 0 Å². The average molecular weight is 385 g/mol. The lowest BCUT2D eigenvalue weighted by Gasteiger charge is -2.23. The molecule has 3 heterocycles. The number of rotatable bonds is 4. The first-order valence-electron chi connectivity index (χ1n) is 10.0. The van der Waals surface area contributed by atoms with Crippen LogP contribution in [-0.4, -0.2) is 32.8 Å². The molecule has 0 aliphatic carbocycles. The van der Waals surface area contributed by atoms with Gasteiger partial charge in [-0.2, -0.15) is 5.10 Å². The second-order valence-electron chi connectivity index (χ2n) is 7.39. The Morgan fingerprint density at radius 1 is 1.00 bits per heavy atom. The summed E-state index contributed by atoms with van der Waals surface area (Å²) < 4.78 is 8.01. The van der Waals surface area contributed by atoms with Gasteiger partial charge in [0.1, 0.15) is 23.5 Å². The summed E-state index contributed by atoms with van der Waals surface area (Å²) >= 11 is 0. The molecule has 0 spiro atoms. The molecule has 146 valence electrons. The van der Waals surface area contributed by atoms with Crippen molar-refractivity contribution in [1.29, 1.82) is 0 Å². The molecule has 0 amide bonds. The molecule has 6 nitrogen and oxygen atoms in total. The van der Waals surface area contributed by atoms with Crippen LogP contribution in [0.5, 0.6) is 11.5 Å². The zero-order valence-corrected chi connectivity index (χ0v) is 16.4. The van der Waals surface area contributed by atoms with Crippen LogP contribution >= 0.6 is 0 Å². The monoisotopic (exact) mass is 385 g/mol. The molecule has 1 aliphatic heterocycles. The maximum Gasteiger partial charge on any atom is 0.162 e. The Labute approximate surface area is 169 Å². The Morgan fingerprint density at radius 2 is 1.79 bits per heavy atom. The smallest absolute Gasteiger partial charge is 0.162 e. The molecular weight excluding hydrogens is 362 g/mol. The van der Waals surface area contributed by atoms with E-state index in [1.54, 1.807) is 6.33 Å². The molecule has 1 atom stereocenters. The first-order chi connectivity index (χ1) is 14.3. The summed E-state index contributed by atoms with van der Waals surface area (Å²) in [5, 5.41) is 9.49. The third kappa shape index (κ3) is 3.47. The van der Waals surface area contributed by atoms with Gasteiger partial charge in [-0.15, -0.1) is 0 Å². The van der Waals surface area contributed by atoms with Crippen LogP contribution in [0.3, 0.4) is 0 Å². The lowest BCUT2D eigenvalue weighted by Crippen LogP contribution is -2.32. The fourth-order valence-corrected chi connectivity index (χ4v) is 3.92. The van der Waals surface area contributed by atoms with E-state index >= 15 is 0 Å². The predicted molar refractivity (Wildman–Crippen MR) is 113 cm³/mol. The van der Waals surface area contributed by atoms with Gasteiger partial charge < -0.3 is 10.1 Å². The van der Waals surface area contributed by atoms with E-state index in [4.69, 9.17) is 9.84 Å². The fourth-order valence-electron chi connectivity index (χ4n) is 3.92. The third-order valence-corrected chi connectivity index (χ3v) is 5.40. The van der Waals surface area contributed by atoms with Gasteiger partial charge in [-0.05, 0) is 62.7 Å². The van der Waals surface area contributed by atoms with Crippen LogP contribution in [0.15, 0.2) is 60.9 Å². The number of fused-ring (bicyclic) bond motifs is 1. The zero-order valence-electron chi connectivity index (χ0n) is 16.4. The van der Waals surface area contributed by atoms with E-state index in [0.717, 1.165) is 65.4 Å². The number of para-hydroxylation sites is 1.